The second-order valence-electron chi connectivity index (χ2n) is 3.90. The number of para-hydroxylation sites is 2. The molecule has 1 heterocycles. The van der Waals surface area contributed by atoms with E-state index in [1.54, 1.807) is 0 Å². The smallest absolute Gasteiger partial charge is 0.130 e. The standard InChI is InChI=1S/C13H11BO/c14-13-9-5-1-3-7-11(9)15-12-8-4-2-6-10(12)13/h1-8,13H,14H2. The monoisotopic (exact) mass is 194 g/mol. The molecule has 0 aromatic heterocycles. The Morgan fingerprint density at radius 1 is 0.800 bits per heavy atom. The molecule has 1 nitrogen and oxygen atoms in total. The molecule has 0 saturated carbocycles. The van der Waals surface area contributed by atoms with Crippen LogP contribution in [0.15, 0.2) is 48.5 Å². The van der Waals surface area contributed by atoms with Gasteiger partial charge in [0.2, 0.25) is 0 Å². The molecule has 1 aliphatic rings. The second-order valence-corrected chi connectivity index (χ2v) is 3.90. The molecule has 2 aromatic rings. The summed E-state index contributed by atoms with van der Waals surface area (Å²) in [6.07, 6.45) is 0. The zero-order valence-electron chi connectivity index (χ0n) is 8.60. The number of hydrogen-bond acceptors (Lipinski definition) is 1. The molecule has 15 heavy (non-hydrogen) atoms. The molecular formula is C13H11BO. The van der Waals surface area contributed by atoms with Crippen molar-refractivity contribution in [3.8, 4) is 11.5 Å². The normalized spacial score (nSPS) is 13.9. The quantitative estimate of drug-likeness (QED) is 0.585. The highest BCUT2D eigenvalue weighted by molar-refractivity contribution is 6.15. The fourth-order valence-corrected chi connectivity index (χ4v) is 2.15. The van der Waals surface area contributed by atoms with Crippen molar-refractivity contribution in [1.29, 1.82) is 0 Å². The van der Waals surface area contributed by atoms with Crippen LogP contribution in [0.5, 0.6) is 11.5 Å². The average molecular weight is 194 g/mol. The summed E-state index contributed by atoms with van der Waals surface area (Å²) in [5.74, 6) is 2.40. The third-order valence-electron chi connectivity index (χ3n) is 2.99. The van der Waals surface area contributed by atoms with Crippen LogP contribution >= 0.6 is 0 Å². The summed E-state index contributed by atoms with van der Waals surface area (Å²) < 4.78 is 5.85. The minimum absolute atomic E-state index is 0.422. The zero-order valence-corrected chi connectivity index (χ0v) is 8.60. The molecule has 72 valence electrons. The van der Waals surface area contributed by atoms with E-state index in [9.17, 15) is 0 Å². The number of rotatable bonds is 0. The molecule has 1 aliphatic heterocycles. The van der Waals surface area contributed by atoms with Crippen LogP contribution in [0.25, 0.3) is 0 Å². The van der Waals surface area contributed by atoms with Gasteiger partial charge in [-0.15, -0.1) is 0 Å². The van der Waals surface area contributed by atoms with Gasteiger partial charge >= 0.3 is 0 Å². The highest BCUT2D eigenvalue weighted by Gasteiger charge is 2.22. The lowest BCUT2D eigenvalue weighted by atomic mass is 9.74. The minimum Gasteiger partial charge on any atom is -0.457 e. The second kappa shape index (κ2) is 3.16. The van der Waals surface area contributed by atoms with E-state index in [-0.39, 0.29) is 0 Å². The molecule has 2 heteroatoms. The Hall–Kier alpha value is -1.70. The number of hydrogen-bond donors (Lipinski definition) is 0. The van der Waals surface area contributed by atoms with Crippen molar-refractivity contribution in [3.05, 3.63) is 59.7 Å². The number of benzene rings is 2. The van der Waals surface area contributed by atoms with E-state index in [0.717, 1.165) is 11.5 Å². The van der Waals surface area contributed by atoms with Crippen LogP contribution in [0.2, 0.25) is 0 Å². The molecule has 0 atom stereocenters. The van der Waals surface area contributed by atoms with Gasteiger partial charge in [-0.3, -0.25) is 0 Å². The molecule has 0 saturated heterocycles. The average Bonchev–Trinajstić information content (AvgIpc) is 2.30. The van der Waals surface area contributed by atoms with Crippen molar-refractivity contribution >= 4 is 7.85 Å². The van der Waals surface area contributed by atoms with Crippen LogP contribution in [0.3, 0.4) is 0 Å². The minimum atomic E-state index is 0.422. The Kier molecular flexibility index (Phi) is 1.81. The van der Waals surface area contributed by atoms with Crippen molar-refractivity contribution in [2.75, 3.05) is 0 Å². The van der Waals surface area contributed by atoms with Gasteiger partial charge in [-0.1, -0.05) is 36.4 Å². The van der Waals surface area contributed by atoms with Gasteiger partial charge in [-0.05, 0) is 29.1 Å². The number of ether oxygens (including phenoxy) is 1. The maximum absolute atomic E-state index is 5.85. The lowest BCUT2D eigenvalue weighted by Gasteiger charge is -2.25. The maximum atomic E-state index is 5.85. The number of fused-ring (bicyclic) bond motifs is 2. The van der Waals surface area contributed by atoms with Gasteiger partial charge < -0.3 is 4.74 Å². The predicted octanol–water partition coefficient (Wildman–Crippen LogP) is 2.51. The van der Waals surface area contributed by atoms with E-state index in [4.69, 9.17) is 4.74 Å². The predicted molar refractivity (Wildman–Crippen MR) is 63.3 cm³/mol. The molecule has 2 aromatic carbocycles. The Morgan fingerprint density at radius 3 is 1.80 bits per heavy atom. The highest BCUT2D eigenvalue weighted by atomic mass is 16.5. The molecule has 3 rings (SSSR count). The van der Waals surface area contributed by atoms with Crippen LogP contribution in [0.1, 0.15) is 16.9 Å². The molecule has 0 bridgehead atoms. The van der Waals surface area contributed by atoms with Crippen molar-refractivity contribution < 1.29 is 4.74 Å². The highest BCUT2D eigenvalue weighted by Crippen LogP contribution is 2.41. The van der Waals surface area contributed by atoms with Gasteiger partial charge in [0.15, 0.2) is 0 Å². The van der Waals surface area contributed by atoms with Gasteiger partial charge in [0.1, 0.15) is 19.3 Å². The lowest BCUT2D eigenvalue weighted by Crippen LogP contribution is -2.09. The first kappa shape index (κ1) is 8.60. The molecule has 0 N–H and O–H groups in total. The summed E-state index contributed by atoms with van der Waals surface area (Å²) in [7, 11) is 2.22. The molecule has 0 radical (unpaired) electrons. The van der Waals surface area contributed by atoms with E-state index >= 15 is 0 Å². The Balaban J connectivity index is 2.20. The van der Waals surface area contributed by atoms with E-state index < -0.39 is 0 Å². The van der Waals surface area contributed by atoms with Crippen molar-refractivity contribution in [2.24, 2.45) is 0 Å². The first-order valence-electron chi connectivity index (χ1n) is 5.22. The van der Waals surface area contributed by atoms with E-state index in [2.05, 4.69) is 32.1 Å². The maximum Gasteiger partial charge on any atom is 0.130 e. The first-order valence-corrected chi connectivity index (χ1v) is 5.22. The van der Waals surface area contributed by atoms with Crippen LogP contribution in [0, 0.1) is 0 Å². The fourth-order valence-electron chi connectivity index (χ4n) is 2.15. The zero-order chi connectivity index (χ0) is 10.3. The molecule has 0 amide bonds. The van der Waals surface area contributed by atoms with Crippen LogP contribution in [-0.4, -0.2) is 7.85 Å². The van der Waals surface area contributed by atoms with E-state index in [1.165, 1.54) is 11.1 Å². The molecule has 0 aliphatic carbocycles. The summed E-state index contributed by atoms with van der Waals surface area (Å²) in [6, 6.07) is 16.5. The van der Waals surface area contributed by atoms with Crippen molar-refractivity contribution in [2.45, 2.75) is 5.82 Å². The Bertz CT molecular complexity index is 462. The van der Waals surface area contributed by atoms with E-state index in [0.29, 0.717) is 5.82 Å². The van der Waals surface area contributed by atoms with Gasteiger partial charge in [-0.25, -0.2) is 0 Å². The molecular weight excluding hydrogens is 183 g/mol. The third-order valence-corrected chi connectivity index (χ3v) is 2.99. The van der Waals surface area contributed by atoms with Crippen LogP contribution in [0.4, 0.5) is 0 Å². The van der Waals surface area contributed by atoms with Crippen molar-refractivity contribution in [3.63, 3.8) is 0 Å². The third kappa shape index (κ3) is 1.25. The summed E-state index contributed by atoms with van der Waals surface area (Å²) in [5.41, 5.74) is 2.55. The first-order chi connectivity index (χ1) is 7.36. The molecule has 0 unspecified atom stereocenters. The summed E-state index contributed by atoms with van der Waals surface area (Å²) in [5, 5.41) is 0. The van der Waals surface area contributed by atoms with Crippen molar-refractivity contribution in [1.82, 2.24) is 0 Å². The van der Waals surface area contributed by atoms with Gasteiger partial charge in [0.25, 0.3) is 0 Å². The summed E-state index contributed by atoms with van der Waals surface area (Å²) >= 11 is 0. The largest absolute Gasteiger partial charge is 0.457 e. The van der Waals surface area contributed by atoms with E-state index in [1.807, 2.05) is 24.3 Å². The Morgan fingerprint density at radius 2 is 1.27 bits per heavy atom. The topological polar surface area (TPSA) is 9.23 Å². The SMILES string of the molecule is BC1c2ccccc2Oc2ccccc21. The van der Waals surface area contributed by atoms with Gasteiger partial charge in [0.05, 0.1) is 0 Å². The Labute approximate surface area is 90.1 Å². The summed E-state index contributed by atoms with van der Waals surface area (Å²) in [6.45, 7) is 0. The van der Waals surface area contributed by atoms with Gasteiger partial charge in [0, 0.05) is 0 Å². The van der Waals surface area contributed by atoms with Crippen LogP contribution in [-0.2, 0) is 0 Å². The lowest BCUT2D eigenvalue weighted by molar-refractivity contribution is 0.458. The fraction of sp³-hybridized carbons (Fsp3) is 0.0769. The molecule has 0 fully saturated rings. The molecule has 0 spiro atoms. The summed E-state index contributed by atoms with van der Waals surface area (Å²) in [4.78, 5) is 0. The van der Waals surface area contributed by atoms with Gasteiger partial charge in [-0.2, -0.15) is 0 Å². The van der Waals surface area contributed by atoms with Crippen LogP contribution < -0.4 is 4.74 Å².